The zero-order valence-electron chi connectivity index (χ0n) is 11.9. The number of aryl methyl sites for hydroxylation is 4. The fourth-order valence-electron chi connectivity index (χ4n) is 2.82. The highest BCUT2D eigenvalue weighted by atomic mass is 16.3. The molecule has 3 heteroatoms. The van der Waals surface area contributed by atoms with Gasteiger partial charge in [0.2, 0.25) is 0 Å². The van der Waals surface area contributed by atoms with E-state index in [1.54, 1.807) is 0 Å². The van der Waals surface area contributed by atoms with Gasteiger partial charge in [-0.05, 0) is 62.4 Å². The van der Waals surface area contributed by atoms with Gasteiger partial charge < -0.3 is 15.4 Å². The molecule has 0 aliphatic carbocycles. The van der Waals surface area contributed by atoms with Gasteiger partial charge in [0.15, 0.2) is 0 Å². The molecule has 1 aromatic carbocycles. The number of nitrogens with zero attached hydrogens (tertiary/aromatic N) is 1. The molecule has 1 heterocycles. The third-order valence-corrected chi connectivity index (χ3v) is 3.61. The number of hydrogen-bond acceptors (Lipinski definition) is 2. The molecule has 0 saturated carbocycles. The fourth-order valence-corrected chi connectivity index (χ4v) is 2.82. The molecule has 0 amide bonds. The lowest BCUT2D eigenvalue weighted by Crippen LogP contribution is -2.00. The summed E-state index contributed by atoms with van der Waals surface area (Å²) in [4.78, 5) is 0. The predicted octanol–water partition coefficient (Wildman–Crippen LogP) is 2.53. The first-order chi connectivity index (χ1) is 9.17. The van der Waals surface area contributed by atoms with E-state index in [9.17, 15) is 0 Å². The van der Waals surface area contributed by atoms with Crippen LogP contribution in [0.3, 0.4) is 0 Å². The Morgan fingerprint density at radius 1 is 1.21 bits per heavy atom. The molecule has 3 nitrogen and oxygen atoms in total. The van der Waals surface area contributed by atoms with Gasteiger partial charge in [-0.1, -0.05) is 6.07 Å². The summed E-state index contributed by atoms with van der Waals surface area (Å²) in [5, 5.41) is 10.4. The molecular weight excluding hydrogens is 236 g/mol. The molecule has 0 atom stereocenters. The van der Waals surface area contributed by atoms with Gasteiger partial charge in [-0.15, -0.1) is 0 Å². The van der Waals surface area contributed by atoms with Gasteiger partial charge in [-0.2, -0.15) is 0 Å². The van der Waals surface area contributed by atoms with Gasteiger partial charge in [0.25, 0.3) is 0 Å². The number of rotatable bonds is 6. The maximum absolute atomic E-state index is 9.03. The van der Waals surface area contributed by atoms with Crippen LogP contribution in [0.4, 0.5) is 0 Å². The Labute approximate surface area is 115 Å². The Morgan fingerprint density at radius 2 is 2.00 bits per heavy atom. The summed E-state index contributed by atoms with van der Waals surface area (Å²) in [5.41, 5.74) is 10.9. The van der Waals surface area contributed by atoms with Crippen molar-refractivity contribution in [1.29, 1.82) is 0 Å². The lowest BCUT2D eigenvalue weighted by Gasteiger charge is -2.06. The van der Waals surface area contributed by atoms with Gasteiger partial charge in [0.1, 0.15) is 0 Å². The van der Waals surface area contributed by atoms with Crippen LogP contribution in [-0.4, -0.2) is 22.8 Å². The average Bonchev–Trinajstić information content (AvgIpc) is 2.72. The SMILES string of the molecule is Cc1cc(C)c2c(CCCN)cn(CCCO)c2c1. The molecule has 19 heavy (non-hydrogen) atoms. The quantitative estimate of drug-likeness (QED) is 0.838. The van der Waals surface area contributed by atoms with E-state index in [2.05, 4.69) is 36.7 Å². The number of benzene rings is 1. The number of aliphatic hydroxyl groups is 1. The van der Waals surface area contributed by atoms with Crippen LogP contribution in [0.15, 0.2) is 18.3 Å². The van der Waals surface area contributed by atoms with Crippen LogP contribution in [0.5, 0.6) is 0 Å². The molecule has 0 radical (unpaired) electrons. The maximum atomic E-state index is 9.03. The molecule has 1 aromatic heterocycles. The van der Waals surface area contributed by atoms with Crippen molar-refractivity contribution in [3.8, 4) is 0 Å². The second-order valence-corrected chi connectivity index (χ2v) is 5.29. The third-order valence-electron chi connectivity index (χ3n) is 3.61. The first-order valence-corrected chi connectivity index (χ1v) is 7.07. The normalized spacial score (nSPS) is 11.4. The summed E-state index contributed by atoms with van der Waals surface area (Å²) in [6.07, 6.45) is 5.09. The summed E-state index contributed by atoms with van der Waals surface area (Å²) in [7, 11) is 0. The first-order valence-electron chi connectivity index (χ1n) is 7.07. The Morgan fingerprint density at radius 3 is 2.68 bits per heavy atom. The molecule has 104 valence electrons. The van der Waals surface area contributed by atoms with Crippen molar-refractivity contribution >= 4 is 10.9 Å². The Balaban J connectivity index is 2.49. The van der Waals surface area contributed by atoms with Crippen LogP contribution in [0, 0.1) is 13.8 Å². The summed E-state index contributed by atoms with van der Waals surface area (Å²) in [6.45, 7) is 6.16. The lowest BCUT2D eigenvalue weighted by atomic mass is 10.0. The smallest absolute Gasteiger partial charge is 0.0488 e. The van der Waals surface area contributed by atoms with Crippen LogP contribution in [0.25, 0.3) is 10.9 Å². The van der Waals surface area contributed by atoms with E-state index in [4.69, 9.17) is 10.8 Å². The van der Waals surface area contributed by atoms with Gasteiger partial charge >= 0.3 is 0 Å². The van der Waals surface area contributed by atoms with E-state index in [0.29, 0.717) is 0 Å². The molecule has 2 aromatic rings. The zero-order chi connectivity index (χ0) is 13.8. The average molecular weight is 260 g/mol. The van der Waals surface area contributed by atoms with Crippen LogP contribution in [-0.2, 0) is 13.0 Å². The minimum atomic E-state index is 0.239. The second kappa shape index (κ2) is 6.22. The number of aliphatic hydroxyl groups excluding tert-OH is 1. The molecule has 0 aliphatic heterocycles. The van der Waals surface area contributed by atoms with Gasteiger partial charge in [0.05, 0.1) is 0 Å². The first kappa shape index (κ1) is 14.1. The third kappa shape index (κ3) is 2.99. The molecule has 3 N–H and O–H groups in total. The van der Waals surface area contributed by atoms with Crippen molar-refractivity contribution in [1.82, 2.24) is 4.57 Å². The molecule has 0 saturated heterocycles. The van der Waals surface area contributed by atoms with Crippen molar-refractivity contribution in [2.75, 3.05) is 13.2 Å². The number of fused-ring (bicyclic) bond motifs is 1. The van der Waals surface area contributed by atoms with Crippen molar-refractivity contribution in [2.24, 2.45) is 5.73 Å². The molecule has 0 aliphatic rings. The molecule has 0 fully saturated rings. The molecule has 0 spiro atoms. The van der Waals surface area contributed by atoms with Crippen molar-refractivity contribution < 1.29 is 5.11 Å². The van der Waals surface area contributed by atoms with E-state index >= 15 is 0 Å². The summed E-state index contributed by atoms with van der Waals surface area (Å²) in [5.74, 6) is 0. The van der Waals surface area contributed by atoms with Crippen LogP contribution in [0.2, 0.25) is 0 Å². The van der Waals surface area contributed by atoms with E-state index in [1.165, 1.54) is 27.6 Å². The minimum Gasteiger partial charge on any atom is -0.396 e. The number of hydrogen-bond donors (Lipinski definition) is 2. The van der Waals surface area contributed by atoms with Crippen LogP contribution >= 0.6 is 0 Å². The fraction of sp³-hybridized carbons (Fsp3) is 0.500. The van der Waals surface area contributed by atoms with E-state index in [0.717, 1.165) is 32.4 Å². The van der Waals surface area contributed by atoms with Gasteiger partial charge in [-0.25, -0.2) is 0 Å². The number of nitrogens with two attached hydrogens (primary N) is 1. The van der Waals surface area contributed by atoms with Gasteiger partial charge in [0, 0.05) is 30.3 Å². The van der Waals surface area contributed by atoms with E-state index < -0.39 is 0 Å². The molecule has 2 rings (SSSR count). The van der Waals surface area contributed by atoms with Crippen molar-refractivity contribution in [3.63, 3.8) is 0 Å². The summed E-state index contributed by atoms with van der Waals surface area (Å²) in [6, 6.07) is 4.48. The highest BCUT2D eigenvalue weighted by Gasteiger charge is 2.11. The molecule has 0 bridgehead atoms. The van der Waals surface area contributed by atoms with Crippen LogP contribution < -0.4 is 5.73 Å². The minimum absolute atomic E-state index is 0.239. The Kier molecular flexibility index (Phi) is 4.61. The van der Waals surface area contributed by atoms with Gasteiger partial charge in [-0.3, -0.25) is 0 Å². The highest BCUT2D eigenvalue weighted by molar-refractivity contribution is 5.88. The predicted molar refractivity (Wildman–Crippen MR) is 80.5 cm³/mol. The topological polar surface area (TPSA) is 51.2 Å². The highest BCUT2D eigenvalue weighted by Crippen LogP contribution is 2.27. The zero-order valence-corrected chi connectivity index (χ0v) is 11.9. The Hall–Kier alpha value is -1.32. The summed E-state index contributed by atoms with van der Waals surface area (Å²) >= 11 is 0. The summed E-state index contributed by atoms with van der Waals surface area (Å²) < 4.78 is 2.28. The van der Waals surface area contributed by atoms with E-state index in [-0.39, 0.29) is 6.61 Å². The maximum Gasteiger partial charge on any atom is 0.0488 e. The van der Waals surface area contributed by atoms with Crippen molar-refractivity contribution in [3.05, 3.63) is 35.0 Å². The largest absolute Gasteiger partial charge is 0.396 e. The standard InChI is InChI=1S/C16H24N2O/c1-12-9-13(2)16-14(5-3-6-17)11-18(7-4-8-19)15(16)10-12/h9-11,19H,3-8,17H2,1-2H3. The second-order valence-electron chi connectivity index (χ2n) is 5.29. The molecule has 0 unspecified atom stereocenters. The molecular formula is C16H24N2O. The van der Waals surface area contributed by atoms with Crippen LogP contribution in [0.1, 0.15) is 29.5 Å². The van der Waals surface area contributed by atoms with Crippen molar-refractivity contribution in [2.45, 2.75) is 39.7 Å². The number of aromatic nitrogens is 1. The monoisotopic (exact) mass is 260 g/mol. The Bertz CT molecular complexity index is 557. The lowest BCUT2D eigenvalue weighted by molar-refractivity contribution is 0.280. The van der Waals surface area contributed by atoms with E-state index in [1.807, 2.05) is 0 Å².